The lowest BCUT2D eigenvalue weighted by molar-refractivity contribution is -0.133. The number of fused-ring (bicyclic) bond motifs is 1. The summed E-state index contributed by atoms with van der Waals surface area (Å²) >= 11 is 0. The summed E-state index contributed by atoms with van der Waals surface area (Å²) in [5.41, 5.74) is 2.44. The molecule has 1 fully saturated rings. The number of hydrogen-bond acceptors (Lipinski definition) is 6. The van der Waals surface area contributed by atoms with Crippen molar-refractivity contribution in [3.8, 4) is 11.5 Å². The van der Waals surface area contributed by atoms with Crippen molar-refractivity contribution in [1.82, 2.24) is 24.9 Å². The van der Waals surface area contributed by atoms with Gasteiger partial charge in [0.1, 0.15) is 12.2 Å². The van der Waals surface area contributed by atoms with Gasteiger partial charge in [-0.1, -0.05) is 29.4 Å². The van der Waals surface area contributed by atoms with E-state index in [0.717, 1.165) is 24.8 Å². The van der Waals surface area contributed by atoms with Gasteiger partial charge in [-0.15, -0.1) is 0 Å². The number of rotatable bonds is 4. The minimum atomic E-state index is -0.0574. The number of amides is 2. The molecule has 0 N–H and O–H groups in total. The Hall–Kier alpha value is -3.55. The summed E-state index contributed by atoms with van der Waals surface area (Å²) in [6.07, 6.45) is 3.99. The molecule has 2 amide bonds. The predicted octanol–water partition coefficient (Wildman–Crippen LogP) is 2.54. The molecule has 0 spiro atoms. The number of carbonyl (C=O) groups excluding carboxylic acids is 2. The van der Waals surface area contributed by atoms with E-state index in [2.05, 4.69) is 15.1 Å². The van der Waals surface area contributed by atoms with Gasteiger partial charge in [0.2, 0.25) is 17.6 Å². The zero-order valence-corrected chi connectivity index (χ0v) is 17.1. The third-order valence-electron chi connectivity index (χ3n) is 6.04. The third-order valence-corrected chi connectivity index (χ3v) is 6.04. The van der Waals surface area contributed by atoms with E-state index in [-0.39, 0.29) is 24.3 Å². The van der Waals surface area contributed by atoms with Crippen LogP contribution in [0.4, 0.5) is 0 Å². The fraction of sp³-hybridized carbons (Fsp3) is 0.348. The summed E-state index contributed by atoms with van der Waals surface area (Å²) in [6.45, 7) is 1.94. The normalized spacial score (nSPS) is 17.0. The van der Waals surface area contributed by atoms with E-state index in [1.807, 2.05) is 47.4 Å². The predicted molar refractivity (Wildman–Crippen MR) is 112 cm³/mol. The minimum Gasteiger partial charge on any atom is -0.341 e. The summed E-state index contributed by atoms with van der Waals surface area (Å²) < 4.78 is 5.47. The fourth-order valence-electron chi connectivity index (χ4n) is 4.26. The molecule has 4 heterocycles. The Morgan fingerprint density at radius 1 is 1.06 bits per heavy atom. The number of likely N-dealkylation sites (tertiary alicyclic amines) is 1. The lowest BCUT2D eigenvalue weighted by Gasteiger charge is -2.34. The van der Waals surface area contributed by atoms with Crippen LogP contribution in [0.15, 0.2) is 53.2 Å². The van der Waals surface area contributed by atoms with Gasteiger partial charge in [0, 0.05) is 37.3 Å². The molecule has 0 atom stereocenters. The van der Waals surface area contributed by atoms with Crippen molar-refractivity contribution in [3.05, 3.63) is 65.7 Å². The molecule has 0 saturated carbocycles. The maximum absolute atomic E-state index is 12.8. The Morgan fingerprint density at radius 3 is 2.68 bits per heavy atom. The second-order valence-corrected chi connectivity index (χ2v) is 7.96. The first-order valence-electron chi connectivity index (χ1n) is 10.6. The van der Waals surface area contributed by atoms with Crippen molar-refractivity contribution in [1.29, 1.82) is 0 Å². The van der Waals surface area contributed by atoms with Gasteiger partial charge in [0.25, 0.3) is 5.91 Å². The molecule has 1 saturated heterocycles. The Kier molecular flexibility index (Phi) is 5.19. The van der Waals surface area contributed by atoms with Crippen molar-refractivity contribution in [2.24, 2.45) is 0 Å². The molecule has 0 radical (unpaired) electrons. The van der Waals surface area contributed by atoms with Crippen LogP contribution in [0.25, 0.3) is 11.5 Å². The van der Waals surface area contributed by atoms with Gasteiger partial charge < -0.3 is 14.3 Å². The summed E-state index contributed by atoms with van der Waals surface area (Å²) in [5.74, 6) is 1.13. The molecule has 0 aliphatic carbocycles. The zero-order valence-electron chi connectivity index (χ0n) is 17.1. The van der Waals surface area contributed by atoms with Crippen LogP contribution in [-0.4, -0.2) is 62.9 Å². The first kappa shape index (κ1) is 19.4. The van der Waals surface area contributed by atoms with Gasteiger partial charge in [0.05, 0.1) is 0 Å². The highest BCUT2D eigenvalue weighted by molar-refractivity contribution is 5.98. The topological polar surface area (TPSA) is 92.4 Å². The fourth-order valence-corrected chi connectivity index (χ4v) is 4.26. The molecular formula is C23H23N5O3. The molecule has 3 aromatic rings. The first-order chi connectivity index (χ1) is 15.2. The standard InChI is InChI=1S/C23H23N5O3/c29-20(15-28-14-8-16-5-1-2-6-18(16)23(28)30)27-12-9-17(10-13-27)22-25-21(26-31-22)19-7-3-4-11-24-19/h1-7,11,17H,8-10,12-15H2. The van der Waals surface area contributed by atoms with E-state index < -0.39 is 0 Å². The van der Waals surface area contributed by atoms with Crippen LogP contribution in [0, 0.1) is 0 Å². The largest absolute Gasteiger partial charge is 0.341 e. The number of aromatic nitrogens is 3. The van der Waals surface area contributed by atoms with Crippen molar-refractivity contribution >= 4 is 11.8 Å². The van der Waals surface area contributed by atoms with Crippen LogP contribution in [-0.2, 0) is 11.2 Å². The summed E-state index contributed by atoms with van der Waals surface area (Å²) in [4.78, 5) is 37.8. The molecule has 0 unspecified atom stereocenters. The summed E-state index contributed by atoms with van der Waals surface area (Å²) in [5, 5.41) is 4.05. The molecule has 31 heavy (non-hydrogen) atoms. The lowest BCUT2D eigenvalue weighted by atomic mass is 9.96. The van der Waals surface area contributed by atoms with Crippen LogP contribution < -0.4 is 0 Å². The molecule has 0 bridgehead atoms. The van der Waals surface area contributed by atoms with Crippen molar-refractivity contribution < 1.29 is 14.1 Å². The Balaban J connectivity index is 1.17. The van der Waals surface area contributed by atoms with Crippen LogP contribution in [0.5, 0.6) is 0 Å². The van der Waals surface area contributed by atoms with E-state index in [1.165, 1.54) is 0 Å². The van der Waals surface area contributed by atoms with Crippen LogP contribution >= 0.6 is 0 Å². The van der Waals surface area contributed by atoms with E-state index >= 15 is 0 Å². The number of hydrogen-bond donors (Lipinski definition) is 0. The van der Waals surface area contributed by atoms with E-state index in [1.54, 1.807) is 11.1 Å². The molecule has 158 valence electrons. The zero-order chi connectivity index (χ0) is 21.2. The SMILES string of the molecule is O=C(CN1CCc2ccccc2C1=O)N1CCC(c2nc(-c3ccccn3)no2)CC1. The van der Waals surface area contributed by atoms with Gasteiger partial charge >= 0.3 is 0 Å². The lowest BCUT2D eigenvalue weighted by Crippen LogP contribution is -2.47. The summed E-state index contributed by atoms with van der Waals surface area (Å²) in [7, 11) is 0. The Labute approximate surface area is 179 Å². The van der Waals surface area contributed by atoms with E-state index in [4.69, 9.17) is 4.52 Å². The highest BCUT2D eigenvalue weighted by Crippen LogP contribution is 2.28. The Morgan fingerprint density at radius 2 is 1.87 bits per heavy atom. The van der Waals surface area contributed by atoms with Crippen LogP contribution in [0.3, 0.4) is 0 Å². The van der Waals surface area contributed by atoms with Gasteiger partial charge in [-0.25, -0.2) is 0 Å². The molecule has 1 aromatic carbocycles. The quantitative estimate of drug-likeness (QED) is 0.648. The Bertz CT molecular complexity index is 1090. The average molecular weight is 417 g/mol. The average Bonchev–Trinajstić information content (AvgIpc) is 3.32. The third kappa shape index (κ3) is 3.93. The van der Waals surface area contributed by atoms with Crippen molar-refractivity contribution in [2.75, 3.05) is 26.2 Å². The molecule has 8 nitrogen and oxygen atoms in total. The second kappa shape index (κ2) is 8.29. The van der Waals surface area contributed by atoms with Crippen LogP contribution in [0.2, 0.25) is 0 Å². The number of carbonyl (C=O) groups is 2. The number of piperidine rings is 1. The molecule has 8 heteroatoms. The maximum atomic E-state index is 12.8. The number of pyridine rings is 1. The van der Waals surface area contributed by atoms with Crippen molar-refractivity contribution in [2.45, 2.75) is 25.2 Å². The van der Waals surface area contributed by atoms with E-state index in [0.29, 0.717) is 42.6 Å². The number of nitrogens with zero attached hydrogens (tertiary/aromatic N) is 5. The highest BCUT2D eigenvalue weighted by atomic mass is 16.5. The summed E-state index contributed by atoms with van der Waals surface area (Å²) in [6, 6.07) is 13.2. The van der Waals surface area contributed by atoms with Gasteiger partial charge in [-0.2, -0.15) is 4.98 Å². The molecule has 2 aliphatic rings. The van der Waals surface area contributed by atoms with Gasteiger partial charge in [0.15, 0.2) is 0 Å². The minimum absolute atomic E-state index is 0.00844. The molecule has 2 aliphatic heterocycles. The molecule has 2 aromatic heterocycles. The van der Waals surface area contributed by atoms with Crippen molar-refractivity contribution in [3.63, 3.8) is 0 Å². The van der Waals surface area contributed by atoms with E-state index in [9.17, 15) is 9.59 Å². The first-order valence-corrected chi connectivity index (χ1v) is 10.6. The van der Waals surface area contributed by atoms with Crippen LogP contribution in [0.1, 0.15) is 40.6 Å². The van der Waals surface area contributed by atoms with Gasteiger partial charge in [-0.3, -0.25) is 14.6 Å². The highest BCUT2D eigenvalue weighted by Gasteiger charge is 2.31. The molecular weight excluding hydrogens is 394 g/mol. The molecule has 5 rings (SSSR count). The number of benzene rings is 1. The maximum Gasteiger partial charge on any atom is 0.254 e. The van der Waals surface area contributed by atoms with Gasteiger partial charge in [-0.05, 0) is 43.0 Å². The second-order valence-electron chi connectivity index (χ2n) is 7.96. The monoisotopic (exact) mass is 417 g/mol. The smallest absolute Gasteiger partial charge is 0.254 e.